The first-order chi connectivity index (χ1) is 13.8. The molecular weight excluding hydrogens is 399 g/mol. The SMILES string of the molecule is Cc1ccc(S(=O)(=O)Nc2cccc(C(=O)NNC(=O)c3ccc[nH]3)c2)cc1F. The quantitative estimate of drug-likeness (QED) is 0.477. The van der Waals surface area contributed by atoms with E-state index in [2.05, 4.69) is 20.6 Å². The second kappa shape index (κ2) is 8.15. The first-order valence-corrected chi connectivity index (χ1v) is 9.88. The predicted molar refractivity (Wildman–Crippen MR) is 104 cm³/mol. The lowest BCUT2D eigenvalue weighted by atomic mass is 10.2. The summed E-state index contributed by atoms with van der Waals surface area (Å²) in [5.74, 6) is -1.83. The van der Waals surface area contributed by atoms with Crippen molar-refractivity contribution in [3.63, 3.8) is 0 Å². The van der Waals surface area contributed by atoms with Crippen molar-refractivity contribution in [2.75, 3.05) is 4.72 Å². The van der Waals surface area contributed by atoms with Crippen molar-refractivity contribution in [3.8, 4) is 0 Å². The van der Waals surface area contributed by atoms with E-state index in [0.29, 0.717) is 5.56 Å². The molecule has 0 aliphatic heterocycles. The molecule has 3 aromatic rings. The first kappa shape index (κ1) is 20.1. The summed E-state index contributed by atoms with van der Waals surface area (Å²) in [6.45, 7) is 1.52. The van der Waals surface area contributed by atoms with E-state index in [9.17, 15) is 22.4 Å². The van der Waals surface area contributed by atoms with Gasteiger partial charge in [0.15, 0.2) is 0 Å². The highest BCUT2D eigenvalue weighted by molar-refractivity contribution is 7.92. The number of aryl methyl sites for hydroxylation is 1. The van der Waals surface area contributed by atoms with Gasteiger partial charge in [-0.25, -0.2) is 12.8 Å². The number of amides is 2. The Labute approximate surface area is 166 Å². The highest BCUT2D eigenvalue weighted by Crippen LogP contribution is 2.19. The molecule has 29 heavy (non-hydrogen) atoms. The average molecular weight is 416 g/mol. The lowest BCUT2D eigenvalue weighted by Gasteiger charge is -2.11. The van der Waals surface area contributed by atoms with E-state index in [-0.39, 0.29) is 21.8 Å². The monoisotopic (exact) mass is 416 g/mol. The molecule has 2 aromatic carbocycles. The van der Waals surface area contributed by atoms with Crippen LogP contribution in [0.1, 0.15) is 26.4 Å². The summed E-state index contributed by atoms with van der Waals surface area (Å²) in [5.41, 5.74) is 5.27. The van der Waals surface area contributed by atoms with Crippen molar-refractivity contribution < 1.29 is 22.4 Å². The van der Waals surface area contributed by atoms with Gasteiger partial charge in [0.1, 0.15) is 11.5 Å². The molecule has 0 unspecified atom stereocenters. The largest absolute Gasteiger partial charge is 0.357 e. The van der Waals surface area contributed by atoms with E-state index in [1.807, 2.05) is 0 Å². The van der Waals surface area contributed by atoms with Crippen LogP contribution in [-0.4, -0.2) is 25.2 Å². The normalized spacial score (nSPS) is 11.0. The Kier molecular flexibility index (Phi) is 5.64. The Bertz CT molecular complexity index is 1160. The summed E-state index contributed by atoms with van der Waals surface area (Å²) in [7, 11) is -4.05. The molecule has 0 fully saturated rings. The molecule has 2 amide bonds. The summed E-state index contributed by atoms with van der Waals surface area (Å²) < 4.78 is 40.9. The zero-order valence-corrected chi connectivity index (χ0v) is 16.0. The molecule has 0 radical (unpaired) electrons. The molecule has 1 aromatic heterocycles. The summed E-state index contributed by atoms with van der Waals surface area (Å²) in [4.78, 5) is 26.5. The minimum absolute atomic E-state index is 0.104. The zero-order valence-electron chi connectivity index (χ0n) is 15.2. The van der Waals surface area contributed by atoms with Gasteiger partial charge in [-0.2, -0.15) is 0 Å². The van der Waals surface area contributed by atoms with Crippen molar-refractivity contribution >= 4 is 27.5 Å². The maximum Gasteiger partial charge on any atom is 0.286 e. The van der Waals surface area contributed by atoms with Gasteiger partial charge in [0.2, 0.25) is 0 Å². The number of hydrogen-bond acceptors (Lipinski definition) is 4. The third kappa shape index (κ3) is 4.79. The summed E-state index contributed by atoms with van der Waals surface area (Å²) >= 11 is 0. The molecule has 0 aliphatic rings. The van der Waals surface area contributed by atoms with Crippen LogP contribution in [0.4, 0.5) is 10.1 Å². The van der Waals surface area contributed by atoms with Gasteiger partial charge in [-0.05, 0) is 55.0 Å². The molecule has 10 heteroatoms. The molecule has 150 valence electrons. The van der Waals surface area contributed by atoms with Gasteiger partial charge in [0.05, 0.1) is 4.90 Å². The van der Waals surface area contributed by atoms with Gasteiger partial charge in [0.25, 0.3) is 21.8 Å². The van der Waals surface area contributed by atoms with Crippen LogP contribution in [0.2, 0.25) is 0 Å². The predicted octanol–water partition coefficient (Wildman–Crippen LogP) is 2.34. The molecule has 0 aliphatic carbocycles. The smallest absolute Gasteiger partial charge is 0.286 e. The molecule has 0 bridgehead atoms. The first-order valence-electron chi connectivity index (χ1n) is 8.39. The lowest BCUT2D eigenvalue weighted by Crippen LogP contribution is -2.41. The van der Waals surface area contributed by atoms with Crippen molar-refractivity contribution in [1.82, 2.24) is 15.8 Å². The number of carbonyl (C=O) groups is 2. The second-order valence-corrected chi connectivity index (χ2v) is 7.77. The average Bonchev–Trinajstić information content (AvgIpc) is 3.22. The highest BCUT2D eigenvalue weighted by atomic mass is 32.2. The molecule has 8 nitrogen and oxygen atoms in total. The Morgan fingerprint density at radius 3 is 2.41 bits per heavy atom. The fourth-order valence-corrected chi connectivity index (χ4v) is 3.46. The number of sulfonamides is 1. The van der Waals surface area contributed by atoms with E-state index in [4.69, 9.17) is 0 Å². The van der Waals surface area contributed by atoms with Gasteiger partial charge >= 0.3 is 0 Å². The van der Waals surface area contributed by atoms with Gasteiger partial charge in [0, 0.05) is 17.4 Å². The fourth-order valence-electron chi connectivity index (χ4n) is 2.40. The maximum atomic E-state index is 13.7. The minimum Gasteiger partial charge on any atom is -0.357 e. The number of halogens is 1. The number of anilines is 1. The summed E-state index contributed by atoms with van der Waals surface area (Å²) in [5, 5.41) is 0. The summed E-state index contributed by atoms with van der Waals surface area (Å²) in [6.07, 6.45) is 1.56. The Morgan fingerprint density at radius 1 is 0.966 bits per heavy atom. The molecule has 0 saturated carbocycles. The van der Waals surface area contributed by atoms with Crippen LogP contribution in [0, 0.1) is 12.7 Å². The van der Waals surface area contributed by atoms with E-state index >= 15 is 0 Å². The molecule has 0 atom stereocenters. The van der Waals surface area contributed by atoms with Crippen LogP contribution in [0.25, 0.3) is 0 Å². The standard InChI is InChI=1S/C19H17FN4O4S/c1-12-7-8-15(11-16(12)20)29(27,28)24-14-5-2-4-13(10-14)18(25)22-23-19(26)17-6-3-9-21-17/h2-11,21,24H,1H3,(H,22,25)(H,23,26). The van der Waals surface area contributed by atoms with Crippen LogP contribution >= 0.6 is 0 Å². The molecule has 0 saturated heterocycles. The van der Waals surface area contributed by atoms with Crippen molar-refractivity contribution in [2.24, 2.45) is 0 Å². The van der Waals surface area contributed by atoms with Crippen LogP contribution in [-0.2, 0) is 10.0 Å². The Balaban J connectivity index is 1.70. The number of aromatic amines is 1. The third-order valence-electron chi connectivity index (χ3n) is 3.96. The van der Waals surface area contributed by atoms with Gasteiger partial charge in [-0.3, -0.25) is 25.2 Å². The second-order valence-electron chi connectivity index (χ2n) is 6.09. The topological polar surface area (TPSA) is 120 Å². The molecule has 4 N–H and O–H groups in total. The number of aromatic nitrogens is 1. The van der Waals surface area contributed by atoms with Crippen LogP contribution < -0.4 is 15.6 Å². The molecule has 0 spiro atoms. The van der Waals surface area contributed by atoms with Crippen molar-refractivity contribution in [2.45, 2.75) is 11.8 Å². The van der Waals surface area contributed by atoms with E-state index in [1.165, 1.54) is 49.4 Å². The summed E-state index contributed by atoms with van der Waals surface area (Å²) in [6, 6.07) is 12.4. The molecule has 1 heterocycles. The lowest BCUT2D eigenvalue weighted by molar-refractivity contribution is 0.0844. The van der Waals surface area contributed by atoms with Gasteiger partial charge < -0.3 is 4.98 Å². The van der Waals surface area contributed by atoms with Gasteiger partial charge in [-0.1, -0.05) is 12.1 Å². The third-order valence-corrected chi connectivity index (χ3v) is 5.34. The van der Waals surface area contributed by atoms with Crippen LogP contribution in [0.15, 0.2) is 65.7 Å². The number of nitrogens with one attached hydrogen (secondary N) is 4. The maximum absolute atomic E-state index is 13.7. The number of carbonyl (C=O) groups excluding carboxylic acids is 2. The number of hydrogen-bond donors (Lipinski definition) is 4. The van der Waals surface area contributed by atoms with E-state index < -0.39 is 27.7 Å². The van der Waals surface area contributed by atoms with Crippen molar-refractivity contribution in [3.05, 3.63) is 83.4 Å². The number of rotatable bonds is 5. The van der Waals surface area contributed by atoms with E-state index in [1.54, 1.807) is 12.3 Å². The minimum atomic E-state index is -4.05. The van der Waals surface area contributed by atoms with Crippen LogP contribution in [0.5, 0.6) is 0 Å². The highest BCUT2D eigenvalue weighted by Gasteiger charge is 2.17. The number of hydrazine groups is 1. The molecular formula is C19H17FN4O4S. The Morgan fingerprint density at radius 2 is 1.72 bits per heavy atom. The fraction of sp³-hybridized carbons (Fsp3) is 0.0526. The van der Waals surface area contributed by atoms with E-state index in [0.717, 1.165) is 6.07 Å². The van der Waals surface area contributed by atoms with Crippen molar-refractivity contribution in [1.29, 1.82) is 0 Å². The number of benzene rings is 2. The zero-order chi connectivity index (χ0) is 21.0. The Hall–Kier alpha value is -3.66. The van der Waals surface area contributed by atoms with Crippen LogP contribution in [0.3, 0.4) is 0 Å². The molecule has 3 rings (SSSR count). The number of H-pyrrole nitrogens is 1. The van der Waals surface area contributed by atoms with Gasteiger partial charge in [-0.15, -0.1) is 0 Å².